The molecule has 0 amide bonds. The van der Waals surface area contributed by atoms with Crippen LogP contribution >= 0.6 is 0 Å². The summed E-state index contributed by atoms with van der Waals surface area (Å²) in [5.74, 6) is 0.793. The molecule has 312 valence electrons. The molecule has 0 bridgehead atoms. The van der Waals surface area contributed by atoms with Gasteiger partial charge < -0.3 is 10.6 Å². The molecule has 9 rings (SSSR count). The maximum absolute atomic E-state index is 5.32. The van der Waals surface area contributed by atoms with Crippen LogP contribution in [-0.2, 0) is 0 Å². The lowest BCUT2D eigenvalue weighted by Crippen LogP contribution is -2.47. The third-order valence-electron chi connectivity index (χ3n) is 12.3. The molecular formula is C60H52N4. The Balaban J connectivity index is 1.02. The van der Waals surface area contributed by atoms with Crippen molar-refractivity contribution in [3.63, 3.8) is 0 Å². The van der Waals surface area contributed by atoms with Gasteiger partial charge in [-0.2, -0.15) is 0 Å². The first-order valence-corrected chi connectivity index (χ1v) is 21.9. The van der Waals surface area contributed by atoms with Gasteiger partial charge in [0.2, 0.25) is 0 Å². The maximum Gasteiger partial charge on any atom is 0.134 e. The number of nitrogens with one attached hydrogen (secondary N) is 2. The summed E-state index contributed by atoms with van der Waals surface area (Å²) in [6, 6.07) is 54.1. The molecule has 3 unspecified atom stereocenters. The third-order valence-corrected chi connectivity index (χ3v) is 12.3. The predicted octanol–water partition coefficient (Wildman–Crippen LogP) is 13.8. The molecule has 0 aromatic heterocycles. The summed E-state index contributed by atoms with van der Waals surface area (Å²) < 4.78 is 0. The lowest BCUT2D eigenvalue weighted by molar-refractivity contribution is 0.195. The molecule has 1 aliphatic carbocycles. The number of hydrogen-bond donors (Lipinski definition) is 2. The van der Waals surface area contributed by atoms with E-state index in [4.69, 9.17) is 4.99 Å². The molecule has 3 aliphatic rings. The minimum atomic E-state index is -0.168. The zero-order valence-electron chi connectivity index (χ0n) is 36.5. The van der Waals surface area contributed by atoms with Crippen molar-refractivity contribution in [2.45, 2.75) is 25.2 Å². The van der Waals surface area contributed by atoms with Crippen molar-refractivity contribution in [3.05, 3.63) is 271 Å². The van der Waals surface area contributed by atoms with Gasteiger partial charge in [0.1, 0.15) is 12.0 Å². The number of allylic oxidation sites excluding steroid dienone is 7. The van der Waals surface area contributed by atoms with E-state index in [1.165, 1.54) is 39.0 Å². The van der Waals surface area contributed by atoms with E-state index in [0.29, 0.717) is 0 Å². The first-order valence-electron chi connectivity index (χ1n) is 21.9. The second-order valence-electron chi connectivity index (χ2n) is 16.2. The molecule has 0 saturated heterocycles. The highest BCUT2D eigenvalue weighted by atomic mass is 15.3. The summed E-state index contributed by atoms with van der Waals surface area (Å²) in [5, 5.41) is 7.62. The first-order chi connectivity index (χ1) is 31.5. The SMILES string of the molecule is C=CC1=C(c2cccc(C3=C4C=CC=CC4N(C)C(c4ccc(-c5cccc(/C(C=C)=C/C=C\C)c5)cc4)N3)c2)N=C(c2ccc(-c3cccc(-c4ccccc4)c3)cc2)NC1C=C. The van der Waals surface area contributed by atoms with Gasteiger partial charge in [0, 0.05) is 22.4 Å². The summed E-state index contributed by atoms with van der Waals surface area (Å²) in [4.78, 5) is 7.73. The van der Waals surface area contributed by atoms with Crippen LogP contribution in [-0.4, -0.2) is 29.9 Å². The number of fused-ring (bicyclic) bond motifs is 1. The first kappa shape index (κ1) is 41.6. The van der Waals surface area contributed by atoms with Crippen LogP contribution in [0.25, 0.3) is 50.3 Å². The number of hydrogen-bond acceptors (Lipinski definition) is 4. The van der Waals surface area contributed by atoms with E-state index in [1.54, 1.807) is 0 Å². The van der Waals surface area contributed by atoms with Gasteiger partial charge in [-0.15, -0.1) is 6.58 Å². The number of aliphatic imine (C=N–C) groups is 1. The fraction of sp³-hybridized carbons (Fsp3) is 0.0833. The van der Waals surface area contributed by atoms with Crippen molar-refractivity contribution in [2.75, 3.05) is 7.05 Å². The molecule has 2 aliphatic heterocycles. The molecule has 2 N–H and O–H groups in total. The summed E-state index contributed by atoms with van der Waals surface area (Å²) in [7, 11) is 2.19. The fourth-order valence-electron chi connectivity index (χ4n) is 8.91. The van der Waals surface area contributed by atoms with Gasteiger partial charge in [-0.1, -0.05) is 207 Å². The van der Waals surface area contributed by atoms with Gasteiger partial charge in [0.15, 0.2) is 0 Å². The van der Waals surface area contributed by atoms with Crippen LogP contribution in [0.2, 0.25) is 0 Å². The van der Waals surface area contributed by atoms with E-state index in [-0.39, 0.29) is 18.2 Å². The van der Waals surface area contributed by atoms with E-state index in [2.05, 4.69) is 218 Å². The zero-order chi connectivity index (χ0) is 44.0. The Morgan fingerprint density at radius 2 is 1.23 bits per heavy atom. The zero-order valence-corrected chi connectivity index (χ0v) is 36.5. The Kier molecular flexibility index (Phi) is 12.1. The molecule has 0 saturated carbocycles. The second kappa shape index (κ2) is 18.7. The van der Waals surface area contributed by atoms with Crippen molar-refractivity contribution in [1.29, 1.82) is 0 Å². The highest BCUT2D eigenvalue weighted by Crippen LogP contribution is 2.38. The quantitative estimate of drug-likeness (QED) is 0.0953. The van der Waals surface area contributed by atoms with Crippen LogP contribution in [0, 0.1) is 0 Å². The number of nitrogens with zero attached hydrogens (tertiary/aromatic N) is 2. The molecule has 6 aromatic carbocycles. The van der Waals surface area contributed by atoms with Crippen molar-refractivity contribution in [2.24, 2.45) is 4.99 Å². The topological polar surface area (TPSA) is 39.7 Å². The Morgan fingerprint density at radius 3 is 1.92 bits per heavy atom. The van der Waals surface area contributed by atoms with Crippen LogP contribution in [0.4, 0.5) is 0 Å². The van der Waals surface area contributed by atoms with E-state index in [1.807, 2.05) is 43.4 Å². The predicted molar refractivity (Wildman–Crippen MR) is 272 cm³/mol. The lowest BCUT2D eigenvalue weighted by atomic mass is 9.89. The monoisotopic (exact) mass is 828 g/mol. The lowest BCUT2D eigenvalue weighted by Gasteiger charge is -2.42. The second-order valence-corrected chi connectivity index (χ2v) is 16.2. The van der Waals surface area contributed by atoms with Crippen LogP contribution in [0.5, 0.6) is 0 Å². The molecule has 0 radical (unpaired) electrons. The standard InChI is InChI=1S/C60H52N4/c1-6-10-19-41(7-2)47-22-16-24-49(38-47)44-32-36-46(37-33-44)60-63-58(54-28-14-15-29-56(54)64(60)5)52-27-18-26-51(40-52)57-53(8-3)55(9-4)61-59(62-57)45-34-30-43(31-35-45)50-25-17-23-48(39-50)42-20-12-11-13-21-42/h6-40,55-56,60,63H,2-4H2,1,5H3,(H,61,62)/b10-6-,41-19+. The number of amidine groups is 1. The van der Waals surface area contributed by atoms with E-state index in [0.717, 1.165) is 56.2 Å². The Hall–Kier alpha value is -7.79. The Bertz CT molecular complexity index is 2950. The molecule has 2 heterocycles. The molecular weight excluding hydrogens is 777 g/mol. The van der Waals surface area contributed by atoms with Crippen LogP contribution in [0.3, 0.4) is 0 Å². The summed E-state index contributed by atoms with van der Waals surface area (Å²) in [6.07, 6.45) is 20.6. The van der Waals surface area contributed by atoms with Crippen molar-refractivity contribution >= 4 is 22.8 Å². The number of likely N-dealkylation sites (N-methyl/N-ethyl adjacent to an activating group) is 1. The van der Waals surface area contributed by atoms with Gasteiger partial charge in [0.25, 0.3) is 0 Å². The van der Waals surface area contributed by atoms with E-state index < -0.39 is 0 Å². The number of rotatable bonds is 12. The molecule has 3 atom stereocenters. The molecule has 0 spiro atoms. The van der Waals surface area contributed by atoms with Gasteiger partial charge in [-0.05, 0) is 93.4 Å². The van der Waals surface area contributed by atoms with Crippen molar-refractivity contribution in [3.8, 4) is 33.4 Å². The third kappa shape index (κ3) is 8.40. The van der Waals surface area contributed by atoms with Gasteiger partial charge >= 0.3 is 0 Å². The highest BCUT2D eigenvalue weighted by molar-refractivity contribution is 6.04. The smallest absolute Gasteiger partial charge is 0.134 e. The minimum absolute atomic E-state index is 0.0690. The Labute approximate surface area is 378 Å². The summed E-state index contributed by atoms with van der Waals surface area (Å²) >= 11 is 0. The van der Waals surface area contributed by atoms with Crippen molar-refractivity contribution < 1.29 is 0 Å². The van der Waals surface area contributed by atoms with E-state index >= 15 is 0 Å². The molecule has 4 nitrogen and oxygen atoms in total. The van der Waals surface area contributed by atoms with Crippen LogP contribution in [0.15, 0.2) is 248 Å². The summed E-state index contributed by atoms with van der Waals surface area (Å²) in [6.45, 7) is 14.5. The van der Waals surface area contributed by atoms with Crippen LogP contribution in [0.1, 0.15) is 40.9 Å². The average Bonchev–Trinajstić information content (AvgIpc) is 3.37. The molecule has 4 heteroatoms. The average molecular weight is 829 g/mol. The fourth-order valence-corrected chi connectivity index (χ4v) is 8.91. The van der Waals surface area contributed by atoms with Gasteiger partial charge in [0.05, 0.1) is 17.8 Å². The maximum atomic E-state index is 5.32. The largest absolute Gasteiger partial charge is 0.365 e. The molecule has 64 heavy (non-hydrogen) atoms. The van der Waals surface area contributed by atoms with Gasteiger partial charge in [-0.25, -0.2) is 4.99 Å². The minimum Gasteiger partial charge on any atom is -0.365 e. The normalized spacial score (nSPS) is 18.6. The highest BCUT2D eigenvalue weighted by Gasteiger charge is 2.33. The van der Waals surface area contributed by atoms with Crippen molar-refractivity contribution in [1.82, 2.24) is 15.5 Å². The van der Waals surface area contributed by atoms with E-state index in [9.17, 15) is 0 Å². The molecule has 6 aromatic rings. The number of benzene rings is 6. The molecule has 0 fully saturated rings. The van der Waals surface area contributed by atoms with Gasteiger partial charge in [-0.3, -0.25) is 4.90 Å². The summed E-state index contributed by atoms with van der Waals surface area (Å²) in [5.41, 5.74) is 17.7. The van der Waals surface area contributed by atoms with Crippen LogP contribution < -0.4 is 10.6 Å². The Morgan fingerprint density at radius 1 is 0.625 bits per heavy atom.